The molecular weight excluding hydrogens is 494 g/mol. The number of pyridine rings is 1. The zero-order valence-corrected chi connectivity index (χ0v) is 22.6. The zero-order chi connectivity index (χ0) is 27.2. The molecule has 0 radical (unpaired) electrons. The summed E-state index contributed by atoms with van der Waals surface area (Å²) in [6.07, 6.45) is 5.83. The van der Waals surface area contributed by atoms with Gasteiger partial charge in [-0.3, -0.25) is 9.47 Å². The fourth-order valence-electron chi connectivity index (χ4n) is 4.87. The number of piperidine rings is 1. The molecule has 1 aliphatic heterocycles. The zero-order valence-electron chi connectivity index (χ0n) is 22.6. The van der Waals surface area contributed by atoms with Crippen molar-refractivity contribution < 1.29 is 19.0 Å². The molecule has 1 fully saturated rings. The molecule has 39 heavy (non-hydrogen) atoms. The number of carbonyl (C=O) groups excluding carboxylic acids is 1. The average Bonchev–Trinajstić information content (AvgIpc) is 3.35. The van der Waals surface area contributed by atoms with Gasteiger partial charge in [-0.2, -0.15) is 0 Å². The second-order valence-electron chi connectivity index (χ2n) is 9.74. The minimum Gasteiger partial charge on any atom is -0.487 e. The van der Waals surface area contributed by atoms with Gasteiger partial charge in [0.1, 0.15) is 18.2 Å². The highest BCUT2D eigenvalue weighted by Crippen LogP contribution is 2.36. The topological polar surface area (TPSA) is 89.9 Å². The maximum absolute atomic E-state index is 13.0. The van der Waals surface area contributed by atoms with E-state index >= 15 is 0 Å². The molecule has 1 aliphatic rings. The molecule has 2 aromatic heterocycles. The van der Waals surface area contributed by atoms with Crippen LogP contribution in [-0.4, -0.2) is 68.0 Å². The Morgan fingerprint density at radius 2 is 1.82 bits per heavy atom. The van der Waals surface area contributed by atoms with Crippen molar-refractivity contribution in [2.75, 3.05) is 58.3 Å². The van der Waals surface area contributed by atoms with Gasteiger partial charge in [-0.25, -0.2) is 4.98 Å². The van der Waals surface area contributed by atoms with E-state index in [2.05, 4.69) is 39.8 Å². The Kier molecular flexibility index (Phi) is 8.29. The number of methoxy groups -OCH3 is 1. The van der Waals surface area contributed by atoms with Crippen LogP contribution in [0, 0.1) is 0 Å². The predicted molar refractivity (Wildman–Crippen MR) is 153 cm³/mol. The van der Waals surface area contributed by atoms with E-state index in [9.17, 15) is 4.79 Å². The third-order valence-electron chi connectivity index (χ3n) is 7.11. The smallest absolute Gasteiger partial charge is 0.256 e. The Hall–Kier alpha value is -4.08. The van der Waals surface area contributed by atoms with Crippen molar-refractivity contribution in [3.63, 3.8) is 0 Å². The molecule has 1 saturated heterocycles. The van der Waals surface area contributed by atoms with E-state index < -0.39 is 0 Å². The Balaban J connectivity index is 1.29. The van der Waals surface area contributed by atoms with Gasteiger partial charge in [-0.1, -0.05) is 12.1 Å². The van der Waals surface area contributed by atoms with Gasteiger partial charge in [-0.05, 0) is 74.8 Å². The number of hydrogen-bond acceptors (Lipinski definition) is 7. The quantitative estimate of drug-likeness (QED) is 0.277. The van der Waals surface area contributed by atoms with Crippen LogP contribution < -0.4 is 20.2 Å². The van der Waals surface area contributed by atoms with Gasteiger partial charge in [-0.15, -0.1) is 0 Å². The SMILES string of the molecule is CNn1ccc2cc(Oc3ccnc(NC(=O)c4ccc(C5CCN(C)CC5)cc4)c3)c(OCCOC)cc21. The standard InChI is InChI=1S/C30H35N5O4/c1-31-35-15-11-24-18-28(27(20-26(24)35)38-17-16-37-3)39-25-8-12-32-29(19-25)33-30(36)23-6-4-21(5-7-23)22-9-13-34(2)14-10-22/h4-8,11-12,15,18-20,22,31H,9-10,13-14,16-17H2,1-3H3,(H,32,33,36). The van der Waals surface area contributed by atoms with Crippen molar-refractivity contribution in [2.45, 2.75) is 18.8 Å². The molecule has 0 bridgehead atoms. The monoisotopic (exact) mass is 529 g/mol. The summed E-state index contributed by atoms with van der Waals surface area (Å²) >= 11 is 0. The molecule has 2 aromatic carbocycles. The summed E-state index contributed by atoms with van der Waals surface area (Å²) < 4.78 is 19.2. The van der Waals surface area contributed by atoms with Crippen LogP contribution in [0.1, 0.15) is 34.7 Å². The van der Waals surface area contributed by atoms with Crippen molar-refractivity contribution in [2.24, 2.45) is 0 Å². The first-order valence-electron chi connectivity index (χ1n) is 13.2. The largest absolute Gasteiger partial charge is 0.487 e. The van der Waals surface area contributed by atoms with Gasteiger partial charge in [0, 0.05) is 49.6 Å². The van der Waals surface area contributed by atoms with Crippen LogP contribution in [0.15, 0.2) is 67.0 Å². The molecule has 9 nitrogen and oxygen atoms in total. The van der Waals surface area contributed by atoms with E-state index in [0.717, 1.165) is 36.8 Å². The van der Waals surface area contributed by atoms with Crippen LogP contribution in [0.3, 0.4) is 0 Å². The first-order chi connectivity index (χ1) is 19.0. The molecule has 0 atom stereocenters. The maximum atomic E-state index is 13.0. The summed E-state index contributed by atoms with van der Waals surface area (Å²) in [7, 11) is 5.65. The fraction of sp³-hybridized carbons (Fsp3) is 0.333. The molecule has 2 N–H and O–H groups in total. The van der Waals surface area contributed by atoms with E-state index in [0.29, 0.717) is 47.8 Å². The molecule has 0 aliphatic carbocycles. The highest BCUT2D eigenvalue weighted by atomic mass is 16.5. The number of fused-ring (bicyclic) bond motifs is 1. The lowest BCUT2D eigenvalue weighted by molar-refractivity contribution is 0.102. The van der Waals surface area contributed by atoms with E-state index in [1.165, 1.54) is 5.56 Å². The van der Waals surface area contributed by atoms with E-state index in [-0.39, 0.29) is 5.91 Å². The van der Waals surface area contributed by atoms with Crippen LogP contribution in [0.4, 0.5) is 5.82 Å². The summed E-state index contributed by atoms with van der Waals surface area (Å²) in [4.78, 5) is 19.6. The molecule has 0 spiro atoms. The van der Waals surface area contributed by atoms with Crippen molar-refractivity contribution >= 4 is 22.6 Å². The fourth-order valence-corrected chi connectivity index (χ4v) is 4.87. The third-order valence-corrected chi connectivity index (χ3v) is 7.11. The lowest BCUT2D eigenvalue weighted by atomic mass is 9.89. The van der Waals surface area contributed by atoms with Crippen molar-refractivity contribution in [3.05, 3.63) is 78.1 Å². The average molecular weight is 530 g/mol. The molecule has 4 aromatic rings. The first kappa shape index (κ1) is 26.5. The van der Waals surface area contributed by atoms with Gasteiger partial charge in [0.25, 0.3) is 5.91 Å². The Morgan fingerprint density at radius 1 is 1.03 bits per heavy atom. The van der Waals surface area contributed by atoms with Crippen LogP contribution in [-0.2, 0) is 4.74 Å². The number of nitrogens with zero attached hydrogens (tertiary/aromatic N) is 3. The van der Waals surface area contributed by atoms with Crippen LogP contribution >= 0.6 is 0 Å². The van der Waals surface area contributed by atoms with Crippen molar-refractivity contribution in [3.8, 4) is 17.2 Å². The first-order valence-corrected chi connectivity index (χ1v) is 13.2. The molecule has 0 unspecified atom stereocenters. The Morgan fingerprint density at radius 3 is 2.56 bits per heavy atom. The summed E-state index contributed by atoms with van der Waals surface area (Å²) in [5.41, 5.74) is 5.96. The number of anilines is 1. The van der Waals surface area contributed by atoms with Gasteiger partial charge in [0.05, 0.1) is 12.1 Å². The number of benzene rings is 2. The second kappa shape index (κ2) is 12.2. The van der Waals surface area contributed by atoms with Gasteiger partial charge >= 0.3 is 0 Å². The van der Waals surface area contributed by atoms with Crippen LogP contribution in [0.2, 0.25) is 0 Å². The molecule has 1 amide bonds. The number of rotatable bonds is 10. The van der Waals surface area contributed by atoms with Crippen LogP contribution in [0.5, 0.6) is 17.2 Å². The Labute approximate surface area is 228 Å². The van der Waals surface area contributed by atoms with Crippen molar-refractivity contribution in [1.82, 2.24) is 14.6 Å². The molecule has 5 rings (SSSR count). The lowest BCUT2D eigenvalue weighted by Crippen LogP contribution is -2.29. The number of likely N-dealkylation sites (tertiary alicyclic amines) is 1. The van der Waals surface area contributed by atoms with E-state index in [1.54, 1.807) is 25.4 Å². The van der Waals surface area contributed by atoms with E-state index in [4.69, 9.17) is 14.2 Å². The molecule has 9 heteroatoms. The lowest BCUT2D eigenvalue weighted by Gasteiger charge is -2.29. The second-order valence-corrected chi connectivity index (χ2v) is 9.74. The third kappa shape index (κ3) is 6.32. The summed E-state index contributed by atoms with van der Waals surface area (Å²) in [6, 6.07) is 17.2. The number of amides is 1. The van der Waals surface area contributed by atoms with Gasteiger partial charge < -0.3 is 29.9 Å². The maximum Gasteiger partial charge on any atom is 0.256 e. The van der Waals surface area contributed by atoms with Gasteiger partial charge in [0.2, 0.25) is 0 Å². The van der Waals surface area contributed by atoms with E-state index in [1.807, 2.05) is 48.3 Å². The highest BCUT2D eigenvalue weighted by molar-refractivity contribution is 6.03. The molecule has 3 heterocycles. The highest BCUT2D eigenvalue weighted by Gasteiger charge is 2.19. The van der Waals surface area contributed by atoms with Crippen LogP contribution in [0.25, 0.3) is 10.9 Å². The Bertz CT molecular complexity index is 1410. The summed E-state index contributed by atoms with van der Waals surface area (Å²) in [6.45, 7) is 3.05. The summed E-state index contributed by atoms with van der Waals surface area (Å²) in [5.74, 6) is 2.41. The predicted octanol–water partition coefficient (Wildman–Crippen LogP) is 5.09. The minimum atomic E-state index is -0.215. The van der Waals surface area contributed by atoms with Gasteiger partial charge in [0.15, 0.2) is 11.5 Å². The molecular formula is C30H35N5O4. The van der Waals surface area contributed by atoms with Crippen molar-refractivity contribution in [1.29, 1.82) is 0 Å². The molecule has 0 saturated carbocycles. The normalized spacial score (nSPS) is 14.3. The number of nitrogens with one attached hydrogen (secondary N) is 2. The number of carbonyl (C=O) groups is 1. The number of hydrogen-bond donors (Lipinski definition) is 2. The summed E-state index contributed by atoms with van der Waals surface area (Å²) in [5, 5.41) is 3.88. The molecule has 204 valence electrons. The minimum absolute atomic E-state index is 0.215. The number of aromatic nitrogens is 2. The number of ether oxygens (including phenoxy) is 3.